The number of ketones is 1. The predicted octanol–water partition coefficient (Wildman–Crippen LogP) is 2.97. The van der Waals surface area contributed by atoms with Crippen LogP contribution < -0.4 is 4.74 Å². The Morgan fingerprint density at radius 2 is 2.00 bits per heavy atom. The number of hydrogen-bond donors (Lipinski definition) is 2. The molecule has 0 saturated carbocycles. The number of aryl methyl sites for hydroxylation is 1. The number of fused-ring (bicyclic) bond motifs is 1. The minimum Gasteiger partial charge on any atom is -0.504 e. The first-order chi connectivity index (χ1) is 9.43. The molecule has 0 unspecified atom stereocenters. The number of methoxy groups -OCH3 is 1. The Kier molecular flexibility index (Phi) is 3.94. The number of carboxylic acid groups (broad SMARTS) is 1. The molecule has 0 saturated heterocycles. The second-order valence-corrected chi connectivity index (χ2v) is 5.45. The fourth-order valence-electron chi connectivity index (χ4n) is 2.00. The smallest absolute Gasteiger partial charge is 0.303 e. The highest BCUT2D eigenvalue weighted by molar-refractivity contribution is 7.21. The number of rotatable bonds is 5. The summed E-state index contributed by atoms with van der Waals surface area (Å²) in [5, 5.41) is 19.2. The molecule has 0 atom stereocenters. The normalized spacial score (nSPS) is 10.7. The van der Waals surface area contributed by atoms with Gasteiger partial charge in [-0.25, -0.2) is 0 Å². The van der Waals surface area contributed by atoms with E-state index >= 15 is 0 Å². The topological polar surface area (TPSA) is 83.8 Å². The number of Topliss-reactive ketones (excluding diaryl/α,β-unsaturated/α-hetero) is 1. The van der Waals surface area contributed by atoms with Gasteiger partial charge in [-0.05, 0) is 18.6 Å². The lowest BCUT2D eigenvalue weighted by molar-refractivity contribution is -0.136. The third-order valence-electron chi connectivity index (χ3n) is 3.06. The largest absolute Gasteiger partial charge is 0.504 e. The van der Waals surface area contributed by atoms with Gasteiger partial charge in [-0.1, -0.05) is 0 Å². The number of carbonyl (C=O) groups is 2. The molecular weight excluding hydrogens is 280 g/mol. The number of carboxylic acids is 1. The van der Waals surface area contributed by atoms with Crippen molar-refractivity contribution in [3.8, 4) is 11.5 Å². The van der Waals surface area contributed by atoms with Crippen molar-refractivity contribution in [1.29, 1.82) is 0 Å². The Morgan fingerprint density at radius 1 is 1.30 bits per heavy atom. The molecule has 0 fully saturated rings. The van der Waals surface area contributed by atoms with Gasteiger partial charge in [-0.2, -0.15) is 0 Å². The van der Waals surface area contributed by atoms with Gasteiger partial charge in [0.25, 0.3) is 0 Å². The van der Waals surface area contributed by atoms with E-state index in [1.54, 1.807) is 19.1 Å². The SMILES string of the molecule is COc1cc2sc(C(=O)CCC(=O)O)c(C)c2cc1O. The van der Waals surface area contributed by atoms with Crippen LogP contribution in [0.2, 0.25) is 0 Å². The van der Waals surface area contributed by atoms with Crippen molar-refractivity contribution in [1.82, 2.24) is 0 Å². The lowest BCUT2D eigenvalue weighted by Gasteiger charge is -2.02. The average Bonchev–Trinajstić information content (AvgIpc) is 2.72. The van der Waals surface area contributed by atoms with E-state index < -0.39 is 5.97 Å². The van der Waals surface area contributed by atoms with Gasteiger partial charge in [-0.15, -0.1) is 11.3 Å². The van der Waals surface area contributed by atoms with Crippen LogP contribution >= 0.6 is 11.3 Å². The highest BCUT2D eigenvalue weighted by Crippen LogP contribution is 2.38. The first-order valence-corrected chi connectivity index (χ1v) is 6.80. The molecule has 0 radical (unpaired) electrons. The van der Waals surface area contributed by atoms with Crippen molar-refractivity contribution in [2.24, 2.45) is 0 Å². The van der Waals surface area contributed by atoms with E-state index in [-0.39, 0.29) is 24.4 Å². The lowest BCUT2D eigenvalue weighted by atomic mass is 10.1. The van der Waals surface area contributed by atoms with E-state index in [0.29, 0.717) is 10.6 Å². The van der Waals surface area contributed by atoms with Crippen LogP contribution in [-0.2, 0) is 4.79 Å². The van der Waals surface area contributed by atoms with Crippen LogP contribution in [0.5, 0.6) is 11.5 Å². The highest BCUT2D eigenvalue weighted by Gasteiger charge is 2.18. The molecule has 106 valence electrons. The quantitative estimate of drug-likeness (QED) is 0.828. The van der Waals surface area contributed by atoms with E-state index in [0.717, 1.165) is 15.6 Å². The van der Waals surface area contributed by atoms with Gasteiger partial charge in [0.2, 0.25) is 0 Å². The Balaban J connectivity index is 2.43. The molecule has 2 rings (SSSR count). The summed E-state index contributed by atoms with van der Waals surface area (Å²) in [7, 11) is 1.46. The molecule has 2 N–H and O–H groups in total. The summed E-state index contributed by atoms with van der Waals surface area (Å²) in [6, 6.07) is 3.24. The summed E-state index contributed by atoms with van der Waals surface area (Å²) >= 11 is 1.29. The molecule has 0 aliphatic heterocycles. The van der Waals surface area contributed by atoms with Gasteiger partial charge >= 0.3 is 5.97 Å². The zero-order chi connectivity index (χ0) is 14.9. The summed E-state index contributed by atoms with van der Waals surface area (Å²) in [5.41, 5.74) is 0.762. The average molecular weight is 294 g/mol. The maximum Gasteiger partial charge on any atom is 0.303 e. The van der Waals surface area contributed by atoms with Crippen molar-refractivity contribution >= 4 is 33.2 Å². The van der Waals surface area contributed by atoms with E-state index in [4.69, 9.17) is 9.84 Å². The van der Waals surface area contributed by atoms with Gasteiger partial charge in [0.1, 0.15) is 0 Å². The number of benzene rings is 1. The van der Waals surface area contributed by atoms with Crippen LogP contribution in [0.1, 0.15) is 28.1 Å². The molecule has 0 spiro atoms. The molecule has 0 aliphatic carbocycles. The zero-order valence-corrected chi connectivity index (χ0v) is 11.9. The molecule has 5 nitrogen and oxygen atoms in total. The van der Waals surface area contributed by atoms with Gasteiger partial charge < -0.3 is 14.9 Å². The zero-order valence-electron chi connectivity index (χ0n) is 11.1. The van der Waals surface area contributed by atoms with Gasteiger partial charge in [0.15, 0.2) is 17.3 Å². The van der Waals surface area contributed by atoms with Crippen LogP contribution in [0.3, 0.4) is 0 Å². The minimum atomic E-state index is -0.989. The third-order valence-corrected chi connectivity index (χ3v) is 4.35. The maximum absolute atomic E-state index is 12.0. The molecule has 2 aromatic rings. The Labute approximate surface area is 119 Å². The third kappa shape index (κ3) is 2.60. The summed E-state index contributed by atoms with van der Waals surface area (Å²) in [6.07, 6.45) is -0.201. The molecule has 0 aliphatic rings. The number of carbonyl (C=O) groups excluding carboxylic acids is 1. The molecule has 1 aromatic heterocycles. The van der Waals surface area contributed by atoms with Crippen molar-refractivity contribution in [3.63, 3.8) is 0 Å². The predicted molar refractivity (Wildman–Crippen MR) is 76.0 cm³/mol. The second kappa shape index (κ2) is 5.50. The van der Waals surface area contributed by atoms with Crippen LogP contribution in [-0.4, -0.2) is 29.1 Å². The van der Waals surface area contributed by atoms with E-state index in [1.807, 2.05) is 0 Å². The second-order valence-electron chi connectivity index (χ2n) is 4.39. The van der Waals surface area contributed by atoms with Crippen molar-refractivity contribution in [2.75, 3.05) is 7.11 Å². The summed E-state index contributed by atoms with van der Waals surface area (Å²) in [5.74, 6) is -0.810. The Morgan fingerprint density at radius 3 is 2.60 bits per heavy atom. The van der Waals surface area contributed by atoms with Crippen LogP contribution in [0.15, 0.2) is 12.1 Å². The van der Waals surface area contributed by atoms with Crippen molar-refractivity contribution in [2.45, 2.75) is 19.8 Å². The van der Waals surface area contributed by atoms with Crippen molar-refractivity contribution < 1.29 is 24.5 Å². The fourth-order valence-corrected chi connectivity index (χ4v) is 3.19. The van der Waals surface area contributed by atoms with Crippen LogP contribution in [0, 0.1) is 6.92 Å². The van der Waals surface area contributed by atoms with E-state index in [2.05, 4.69) is 0 Å². The molecule has 1 heterocycles. The first-order valence-electron chi connectivity index (χ1n) is 5.99. The lowest BCUT2D eigenvalue weighted by Crippen LogP contribution is -2.03. The van der Waals surface area contributed by atoms with E-state index in [1.165, 1.54) is 18.4 Å². The van der Waals surface area contributed by atoms with Crippen LogP contribution in [0.4, 0.5) is 0 Å². The first kappa shape index (κ1) is 14.3. The molecule has 6 heteroatoms. The number of aliphatic carboxylic acids is 1. The number of hydrogen-bond acceptors (Lipinski definition) is 5. The number of phenolic OH excluding ortho intramolecular Hbond substituents is 1. The number of ether oxygens (including phenoxy) is 1. The summed E-state index contributed by atoms with van der Waals surface area (Å²) in [6.45, 7) is 1.79. The van der Waals surface area contributed by atoms with Gasteiger partial charge in [0, 0.05) is 22.6 Å². The van der Waals surface area contributed by atoms with Gasteiger partial charge in [-0.3, -0.25) is 9.59 Å². The number of thiophene rings is 1. The van der Waals surface area contributed by atoms with Crippen molar-refractivity contribution in [3.05, 3.63) is 22.6 Å². The highest BCUT2D eigenvalue weighted by atomic mass is 32.1. The standard InChI is InChI=1S/C14H14O5S/c1-7-8-5-10(16)11(19-2)6-12(8)20-14(7)9(15)3-4-13(17)18/h5-6,16H,3-4H2,1-2H3,(H,17,18). The molecule has 20 heavy (non-hydrogen) atoms. The Bertz CT molecular complexity index is 686. The van der Waals surface area contributed by atoms with E-state index in [9.17, 15) is 14.7 Å². The molecule has 1 aromatic carbocycles. The number of aromatic hydroxyl groups is 1. The maximum atomic E-state index is 12.0. The fraction of sp³-hybridized carbons (Fsp3) is 0.286. The molecular formula is C14H14O5S. The Hall–Kier alpha value is -2.08. The van der Waals surface area contributed by atoms with Crippen LogP contribution in [0.25, 0.3) is 10.1 Å². The summed E-state index contributed by atoms with van der Waals surface area (Å²) < 4.78 is 5.87. The monoisotopic (exact) mass is 294 g/mol. The summed E-state index contributed by atoms with van der Waals surface area (Å²) in [4.78, 5) is 23.1. The molecule has 0 bridgehead atoms. The molecule has 0 amide bonds. The minimum absolute atomic E-state index is 0.0189. The van der Waals surface area contributed by atoms with Gasteiger partial charge in [0.05, 0.1) is 18.4 Å². The number of phenols is 1.